The van der Waals surface area contributed by atoms with E-state index in [9.17, 15) is 4.79 Å². The first-order valence-corrected chi connectivity index (χ1v) is 8.65. The Morgan fingerprint density at radius 3 is 2.68 bits per heavy atom. The summed E-state index contributed by atoms with van der Waals surface area (Å²) in [7, 11) is 0. The smallest absolute Gasteiger partial charge is 0.277 e. The van der Waals surface area contributed by atoms with Crippen LogP contribution in [0, 0.1) is 25.2 Å². The monoisotopic (exact) mass is 373 g/mol. The molecule has 0 saturated carbocycles. The van der Waals surface area contributed by atoms with Gasteiger partial charge in [0.25, 0.3) is 5.91 Å². The molecule has 1 heterocycles. The van der Waals surface area contributed by atoms with Crippen LogP contribution in [0.5, 0.6) is 5.75 Å². The molecule has 0 atom stereocenters. The van der Waals surface area contributed by atoms with Gasteiger partial charge in [0.2, 0.25) is 0 Å². The minimum absolute atomic E-state index is 0.239. The normalized spacial score (nSPS) is 10.6. The molecular weight excluding hydrogens is 354 g/mol. The van der Waals surface area contributed by atoms with E-state index in [1.165, 1.54) is 0 Å². The van der Waals surface area contributed by atoms with E-state index in [-0.39, 0.29) is 6.61 Å². The van der Waals surface area contributed by atoms with E-state index < -0.39 is 5.91 Å². The van der Waals surface area contributed by atoms with Crippen molar-refractivity contribution in [2.24, 2.45) is 5.10 Å². The summed E-state index contributed by atoms with van der Waals surface area (Å²) in [6, 6.07) is 18.5. The van der Waals surface area contributed by atoms with E-state index in [1.54, 1.807) is 30.5 Å². The van der Waals surface area contributed by atoms with E-state index in [0.29, 0.717) is 11.3 Å². The van der Waals surface area contributed by atoms with Gasteiger partial charge < -0.3 is 4.74 Å². The molecule has 0 aliphatic rings. The van der Waals surface area contributed by atoms with Crippen molar-refractivity contribution in [3.63, 3.8) is 0 Å². The number of aryl methyl sites for hydroxylation is 1. The van der Waals surface area contributed by atoms with Gasteiger partial charge in [0, 0.05) is 5.56 Å². The number of rotatable bonds is 6. The zero-order valence-corrected chi connectivity index (χ0v) is 15.6. The van der Waals surface area contributed by atoms with E-state index >= 15 is 0 Å². The third kappa shape index (κ3) is 4.24. The predicted molar refractivity (Wildman–Crippen MR) is 105 cm³/mol. The molecule has 28 heavy (non-hydrogen) atoms. The molecule has 1 aromatic heterocycles. The third-order valence-electron chi connectivity index (χ3n) is 4.10. The number of carbonyl (C=O) groups is 1. The average Bonchev–Trinajstić information content (AvgIpc) is 3.01. The molecule has 3 rings (SSSR count). The summed E-state index contributed by atoms with van der Waals surface area (Å²) in [6.07, 6.45) is 1.57. The number of carbonyl (C=O) groups excluding carboxylic acids is 1. The van der Waals surface area contributed by atoms with Crippen LogP contribution in [0.3, 0.4) is 0 Å². The van der Waals surface area contributed by atoms with Gasteiger partial charge in [-0.1, -0.05) is 30.3 Å². The highest BCUT2D eigenvalue weighted by molar-refractivity contribution is 5.85. The Balaban J connectivity index is 1.63. The fourth-order valence-electron chi connectivity index (χ4n) is 2.69. The maximum absolute atomic E-state index is 11.9. The van der Waals surface area contributed by atoms with Gasteiger partial charge in [-0.15, -0.1) is 0 Å². The van der Waals surface area contributed by atoms with Crippen molar-refractivity contribution in [1.82, 2.24) is 15.2 Å². The molecule has 0 spiro atoms. The van der Waals surface area contributed by atoms with E-state index in [1.807, 2.05) is 54.9 Å². The van der Waals surface area contributed by atoms with Crippen LogP contribution in [0.25, 0.3) is 5.69 Å². The molecule has 2 aromatic carbocycles. The standard InChI is InChI=1S/C21H19N5O2/c1-15-19(16(2)26(25-15)18-9-4-3-5-10-18)13-23-24-21(27)14-28-20-11-7-6-8-17(20)12-22/h3-11,13H,14H2,1-2H3,(H,24,27)/b23-13-. The molecule has 1 N–H and O–H groups in total. The first-order valence-electron chi connectivity index (χ1n) is 8.65. The Labute approximate surface area is 162 Å². The molecule has 0 aliphatic heterocycles. The van der Waals surface area contributed by atoms with Gasteiger partial charge in [0.1, 0.15) is 11.8 Å². The number of amides is 1. The summed E-state index contributed by atoms with van der Waals surface area (Å²) in [5.41, 5.74) is 6.31. The second kappa shape index (κ2) is 8.64. The highest BCUT2D eigenvalue weighted by Gasteiger charge is 2.11. The zero-order valence-electron chi connectivity index (χ0n) is 15.6. The maximum Gasteiger partial charge on any atom is 0.277 e. The Kier molecular flexibility index (Phi) is 5.82. The molecule has 0 fully saturated rings. The van der Waals surface area contributed by atoms with Crippen molar-refractivity contribution in [1.29, 1.82) is 5.26 Å². The van der Waals surface area contributed by atoms with Gasteiger partial charge in [0.15, 0.2) is 6.61 Å². The van der Waals surface area contributed by atoms with E-state index in [4.69, 9.17) is 10.00 Å². The van der Waals surface area contributed by atoms with Gasteiger partial charge in [-0.05, 0) is 38.1 Å². The fourth-order valence-corrected chi connectivity index (χ4v) is 2.69. The van der Waals surface area contributed by atoms with Gasteiger partial charge in [-0.25, -0.2) is 10.1 Å². The number of hydrogen-bond acceptors (Lipinski definition) is 5. The minimum atomic E-state index is -0.422. The molecular formula is C21H19N5O2. The summed E-state index contributed by atoms with van der Waals surface area (Å²) in [5, 5.41) is 17.6. The van der Waals surface area contributed by atoms with Crippen molar-refractivity contribution < 1.29 is 9.53 Å². The topological polar surface area (TPSA) is 92.3 Å². The average molecular weight is 373 g/mol. The Hall–Kier alpha value is -3.92. The largest absolute Gasteiger partial charge is 0.482 e. The Morgan fingerprint density at radius 1 is 1.21 bits per heavy atom. The molecule has 3 aromatic rings. The SMILES string of the molecule is Cc1nn(-c2ccccc2)c(C)c1/C=N\NC(=O)COc1ccccc1C#N. The molecule has 0 bridgehead atoms. The second-order valence-electron chi connectivity index (χ2n) is 6.02. The summed E-state index contributed by atoms with van der Waals surface area (Å²) < 4.78 is 7.21. The van der Waals surface area contributed by atoms with Crippen LogP contribution >= 0.6 is 0 Å². The van der Waals surface area contributed by atoms with Crippen LogP contribution in [-0.4, -0.2) is 28.5 Å². The molecule has 7 heteroatoms. The van der Waals surface area contributed by atoms with Crippen LogP contribution in [0.15, 0.2) is 59.7 Å². The van der Waals surface area contributed by atoms with Crippen molar-refractivity contribution in [2.45, 2.75) is 13.8 Å². The predicted octanol–water partition coefficient (Wildman–Crippen LogP) is 2.89. The van der Waals surface area contributed by atoms with Gasteiger partial charge in [-0.2, -0.15) is 15.5 Å². The molecule has 0 saturated heterocycles. The van der Waals surface area contributed by atoms with Crippen molar-refractivity contribution in [2.75, 3.05) is 6.61 Å². The van der Waals surface area contributed by atoms with Crippen LogP contribution in [0.1, 0.15) is 22.5 Å². The van der Waals surface area contributed by atoms with Crippen LogP contribution in [0.2, 0.25) is 0 Å². The number of aromatic nitrogens is 2. The lowest BCUT2D eigenvalue weighted by Gasteiger charge is -2.06. The maximum atomic E-state index is 11.9. The number of nitriles is 1. The summed E-state index contributed by atoms with van der Waals surface area (Å²) >= 11 is 0. The lowest BCUT2D eigenvalue weighted by molar-refractivity contribution is -0.123. The number of ether oxygens (including phenoxy) is 1. The number of hydrazone groups is 1. The highest BCUT2D eigenvalue weighted by atomic mass is 16.5. The molecule has 140 valence electrons. The zero-order chi connectivity index (χ0) is 19.9. The van der Waals surface area contributed by atoms with Gasteiger partial charge in [-0.3, -0.25) is 4.79 Å². The first kappa shape index (κ1) is 18.9. The van der Waals surface area contributed by atoms with Crippen LogP contribution in [0.4, 0.5) is 0 Å². The van der Waals surface area contributed by atoms with Gasteiger partial charge in [0.05, 0.1) is 28.9 Å². The summed E-state index contributed by atoms with van der Waals surface area (Å²) in [5.74, 6) is -0.0605. The van der Waals surface area contributed by atoms with Gasteiger partial charge >= 0.3 is 0 Å². The number of hydrogen-bond donors (Lipinski definition) is 1. The van der Waals surface area contributed by atoms with Crippen molar-refractivity contribution in [3.05, 3.63) is 77.1 Å². The Morgan fingerprint density at radius 2 is 1.93 bits per heavy atom. The molecule has 7 nitrogen and oxygen atoms in total. The lowest BCUT2D eigenvalue weighted by atomic mass is 10.2. The molecule has 0 radical (unpaired) electrons. The summed E-state index contributed by atoms with van der Waals surface area (Å²) in [6.45, 7) is 3.59. The summed E-state index contributed by atoms with van der Waals surface area (Å²) in [4.78, 5) is 11.9. The number of nitrogens with one attached hydrogen (secondary N) is 1. The number of para-hydroxylation sites is 2. The van der Waals surface area contributed by atoms with Crippen molar-refractivity contribution >= 4 is 12.1 Å². The third-order valence-corrected chi connectivity index (χ3v) is 4.10. The fraction of sp³-hybridized carbons (Fsp3) is 0.143. The Bertz CT molecular complexity index is 1050. The van der Waals surface area contributed by atoms with E-state index in [0.717, 1.165) is 22.6 Å². The minimum Gasteiger partial charge on any atom is -0.482 e. The highest BCUT2D eigenvalue weighted by Crippen LogP contribution is 2.17. The first-order chi connectivity index (χ1) is 13.6. The van der Waals surface area contributed by atoms with E-state index in [2.05, 4.69) is 15.6 Å². The quantitative estimate of drug-likeness (QED) is 0.531. The lowest BCUT2D eigenvalue weighted by Crippen LogP contribution is -2.24. The van der Waals surface area contributed by atoms with Crippen LogP contribution < -0.4 is 10.2 Å². The van der Waals surface area contributed by atoms with Crippen LogP contribution in [-0.2, 0) is 4.79 Å². The molecule has 1 amide bonds. The second-order valence-corrected chi connectivity index (χ2v) is 6.02. The van der Waals surface area contributed by atoms with Crippen molar-refractivity contribution in [3.8, 4) is 17.5 Å². The number of nitrogens with zero attached hydrogens (tertiary/aromatic N) is 4. The molecule has 0 unspecified atom stereocenters. The number of benzene rings is 2. The molecule has 0 aliphatic carbocycles.